The highest BCUT2D eigenvalue weighted by molar-refractivity contribution is 9.10. The minimum atomic E-state index is -0.728. The van der Waals surface area contributed by atoms with Crippen molar-refractivity contribution in [3.05, 3.63) is 79.4 Å². The van der Waals surface area contributed by atoms with Gasteiger partial charge in [0.05, 0.1) is 6.61 Å². The number of rotatable bonds is 7. The molecular formula is C24H18BrCl2N3O4. The molecule has 7 nitrogen and oxygen atoms in total. The number of hydrogen-bond acceptors (Lipinski definition) is 6. The van der Waals surface area contributed by atoms with E-state index in [2.05, 4.69) is 26.6 Å². The second-order valence-electron chi connectivity index (χ2n) is 6.93. The average molecular weight is 563 g/mol. The Balaban J connectivity index is 1.97. The highest BCUT2D eigenvalue weighted by Gasteiger charge is 2.26. The molecule has 0 aliphatic heterocycles. The standard InChI is InChI=1S/C24H18BrCl2N3O4/c1-3-33-24(32)20-21(27)19(34-23(20)30-16-6-4-5-15(26)11-16)10-14(12-28)22(31)29-17-7-8-18(25)13(2)9-17/h4-11,30H,3H2,1-2H3,(H,29,31)/b14-10+. The van der Waals surface area contributed by atoms with E-state index in [0.717, 1.165) is 16.1 Å². The van der Waals surface area contributed by atoms with Crippen LogP contribution in [0.25, 0.3) is 6.08 Å². The Morgan fingerprint density at radius 3 is 2.62 bits per heavy atom. The number of halogens is 3. The van der Waals surface area contributed by atoms with Crippen LogP contribution in [0.5, 0.6) is 0 Å². The van der Waals surface area contributed by atoms with Gasteiger partial charge in [-0.1, -0.05) is 45.2 Å². The molecule has 3 rings (SSSR count). The summed E-state index contributed by atoms with van der Waals surface area (Å²) in [6, 6.07) is 13.8. The zero-order valence-electron chi connectivity index (χ0n) is 18.0. The molecule has 0 saturated heterocycles. The van der Waals surface area contributed by atoms with Crippen molar-refractivity contribution in [1.82, 2.24) is 0 Å². The van der Waals surface area contributed by atoms with Gasteiger partial charge in [0.25, 0.3) is 5.91 Å². The van der Waals surface area contributed by atoms with Gasteiger partial charge in [-0.2, -0.15) is 5.26 Å². The maximum absolute atomic E-state index is 12.7. The number of nitriles is 1. The van der Waals surface area contributed by atoms with E-state index in [4.69, 9.17) is 32.4 Å². The second-order valence-corrected chi connectivity index (χ2v) is 8.60. The van der Waals surface area contributed by atoms with Gasteiger partial charge in [-0.25, -0.2) is 4.79 Å². The van der Waals surface area contributed by atoms with Crippen LogP contribution in [0.15, 0.2) is 56.9 Å². The molecule has 0 radical (unpaired) electrons. The maximum Gasteiger partial charge on any atom is 0.345 e. The lowest BCUT2D eigenvalue weighted by Gasteiger charge is -2.06. The van der Waals surface area contributed by atoms with Crippen molar-refractivity contribution < 1.29 is 18.7 Å². The first-order chi connectivity index (χ1) is 16.2. The number of nitrogens with zero attached hydrogens (tertiary/aromatic N) is 1. The number of nitrogens with one attached hydrogen (secondary N) is 2. The van der Waals surface area contributed by atoms with E-state index >= 15 is 0 Å². The highest BCUT2D eigenvalue weighted by atomic mass is 79.9. The summed E-state index contributed by atoms with van der Waals surface area (Å²) in [5.74, 6) is -1.47. The molecule has 174 valence electrons. The van der Waals surface area contributed by atoms with Crippen LogP contribution in [0.1, 0.15) is 28.6 Å². The molecular weight excluding hydrogens is 545 g/mol. The van der Waals surface area contributed by atoms with E-state index in [1.165, 1.54) is 0 Å². The molecule has 0 unspecified atom stereocenters. The number of hydrogen-bond donors (Lipinski definition) is 2. The lowest BCUT2D eigenvalue weighted by atomic mass is 10.2. The van der Waals surface area contributed by atoms with E-state index in [0.29, 0.717) is 16.4 Å². The molecule has 10 heteroatoms. The fourth-order valence-corrected chi connectivity index (χ4v) is 3.59. The highest BCUT2D eigenvalue weighted by Crippen LogP contribution is 2.36. The molecule has 1 aromatic heterocycles. The van der Waals surface area contributed by atoms with Crippen molar-refractivity contribution in [3.8, 4) is 6.07 Å². The van der Waals surface area contributed by atoms with Crippen molar-refractivity contribution in [2.24, 2.45) is 0 Å². The Labute approximate surface area is 214 Å². The Kier molecular flexibility index (Phi) is 8.40. The first kappa shape index (κ1) is 25.4. The second kappa shape index (κ2) is 11.3. The molecule has 3 aromatic rings. The van der Waals surface area contributed by atoms with Crippen LogP contribution in [0.3, 0.4) is 0 Å². The van der Waals surface area contributed by atoms with Gasteiger partial charge in [0.2, 0.25) is 5.88 Å². The fraction of sp³-hybridized carbons (Fsp3) is 0.125. The van der Waals surface area contributed by atoms with Crippen molar-refractivity contribution in [1.29, 1.82) is 5.26 Å². The van der Waals surface area contributed by atoms with Crippen LogP contribution in [-0.2, 0) is 9.53 Å². The molecule has 1 amide bonds. The Morgan fingerprint density at radius 2 is 1.97 bits per heavy atom. The molecule has 0 spiro atoms. The quantitative estimate of drug-likeness (QED) is 0.180. The molecule has 0 saturated carbocycles. The summed E-state index contributed by atoms with van der Waals surface area (Å²) in [7, 11) is 0. The van der Waals surface area contributed by atoms with Gasteiger partial charge >= 0.3 is 5.97 Å². The number of benzene rings is 2. The summed E-state index contributed by atoms with van der Waals surface area (Å²) < 4.78 is 11.7. The summed E-state index contributed by atoms with van der Waals surface area (Å²) in [5.41, 5.74) is 1.60. The Hall–Kier alpha value is -3.25. The third kappa shape index (κ3) is 6.00. The van der Waals surface area contributed by atoms with Crippen LogP contribution < -0.4 is 10.6 Å². The summed E-state index contributed by atoms with van der Waals surface area (Å²) >= 11 is 15.8. The molecule has 1 heterocycles. The van der Waals surface area contributed by atoms with Crippen molar-refractivity contribution in [3.63, 3.8) is 0 Å². The normalized spacial score (nSPS) is 11.0. The molecule has 0 atom stereocenters. The van der Waals surface area contributed by atoms with E-state index in [1.54, 1.807) is 49.4 Å². The third-order valence-electron chi connectivity index (χ3n) is 4.49. The summed E-state index contributed by atoms with van der Waals surface area (Å²) in [4.78, 5) is 25.2. The van der Waals surface area contributed by atoms with Crippen molar-refractivity contribution >= 4 is 74.3 Å². The average Bonchev–Trinajstić information content (AvgIpc) is 3.09. The van der Waals surface area contributed by atoms with Crippen LogP contribution in [0, 0.1) is 18.3 Å². The Bertz CT molecular complexity index is 1330. The Morgan fingerprint density at radius 1 is 1.21 bits per heavy atom. The van der Waals surface area contributed by atoms with E-state index in [1.807, 2.05) is 13.0 Å². The number of ether oxygens (including phenoxy) is 1. The maximum atomic E-state index is 12.7. The number of carbonyl (C=O) groups is 2. The number of esters is 1. The van der Waals surface area contributed by atoms with E-state index < -0.39 is 11.9 Å². The van der Waals surface area contributed by atoms with Crippen molar-refractivity contribution in [2.75, 3.05) is 17.2 Å². The number of amides is 1. The van der Waals surface area contributed by atoms with Gasteiger partial charge < -0.3 is 19.8 Å². The largest absolute Gasteiger partial charge is 0.462 e. The zero-order valence-corrected chi connectivity index (χ0v) is 21.1. The number of furan rings is 1. The molecule has 0 aliphatic rings. The van der Waals surface area contributed by atoms with E-state index in [-0.39, 0.29) is 34.4 Å². The smallest absolute Gasteiger partial charge is 0.345 e. The zero-order chi connectivity index (χ0) is 24.8. The fourth-order valence-electron chi connectivity index (χ4n) is 2.89. The lowest BCUT2D eigenvalue weighted by molar-refractivity contribution is -0.112. The molecule has 0 aliphatic carbocycles. The minimum absolute atomic E-state index is 0.0156. The first-order valence-electron chi connectivity index (χ1n) is 9.94. The number of anilines is 3. The molecule has 34 heavy (non-hydrogen) atoms. The first-order valence-corrected chi connectivity index (χ1v) is 11.5. The molecule has 0 bridgehead atoms. The predicted octanol–water partition coefficient (Wildman–Crippen LogP) is 7.12. The van der Waals surface area contributed by atoms with Gasteiger partial charge in [0.15, 0.2) is 5.76 Å². The van der Waals surface area contributed by atoms with Crippen molar-refractivity contribution in [2.45, 2.75) is 13.8 Å². The number of aryl methyl sites for hydroxylation is 1. The van der Waals surface area contributed by atoms with Gasteiger partial charge in [-0.05, 0) is 55.8 Å². The van der Waals surface area contributed by atoms with Crippen LogP contribution in [0.4, 0.5) is 17.3 Å². The molecule has 2 N–H and O–H groups in total. The van der Waals surface area contributed by atoms with Crippen LogP contribution in [0.2, 0.25) is 10.0 Å². The summed E-state index contributed by atoms with van der Waals surface area (Å²) in [6.07, 6.45) is 1.16. The molecule has 2 aromatic carbocycles. The lowest BCUT2D eigenvalue weighted by Crippen LogP contribution is -2.13. The van der Waals surface area contributed by atoms with E-state index in [9.17, 15) is 14.9 Å². The van der Waals surface area contributed by atoms with Gasteiger partial charge in [-0.3, -0.25) is 4.79 Å². The minimum Gasteiger partial charge on any atom is -0.462 e. The summed E-state index contributed by atoms with van der Waals surface area (Å²) in [5, 5.41) is 15.5. The number of carbonyl (C=O) groups excluding carboxylic acids is 2. The summed E-state index contributed by atoms with van der Waals surface area (Å²) in [6.45, 7) is 3.63. The van der Waals surface area contributed by atoms with Gasteiger partial charge in [0, 0.05) is 26.9 Å². The molecule has 0 fully saturated rings. The third-order valence-corrected chi connectivity index (χ3v) is 5.99. The van der Waals surface area contributed by atoms with Gasteiger partial charge in [0.1, 0.15) is 22.2 Å². The predicted molar refractivity (Wildman–Crippen MR) is 136 cm³/mol. The monoisotopic (exact) mass is 561 g/mol. The topological polar surface area (TPSA) is 104 Å². The SMILES string of the molecule is CCOC(=O)c1c(Nc2cccc(Cl)c2)oc(/C=C(\C#N)C(=O)Nc2ccc(Br)c(C)c2)c1Cl. The van der Waals surface area contributed by atoms with Crippen LogP contribution >= 0.6 is 39.1 Å². The van der Waals surface area contributed by atoms with Gasteiger partial charge in [-0.15, -0.1) is 0 Å². The van der Waals surface area contributed by atoms with Crippen LogP contribution in [-0.4, -0.2) is 18.5 Å².